The molecule has 156 valence electrons. The molecule has 0 saturated heterocycles. The van der Waals surface area contributed by atoms with Crippen LogP contribution in [0, 0.1) is 6.92 Å². The van der Waals surface area contributed by atoms with Gasteiger partial charge in [-0.2, -0.15) is 0 Å². The Hall–Kier alpha value is -3.81. The van der Waals surface area contributed by atoms with E-state index in [0.29, 0.717) is 17.1 Å². The van der Waals surface area contributed by atoms with Crippen LogP contribution in [0.2, 0.25) is 0 Å². The molecule has 0 aliphatic carbocycles. The Morgan fingerprint density at radius 1 is 1.03 bits per heavy atom. The minimum absolute atomic E-state index is 0.138. The lowest BCUT2D eigenvalue weighted by molar-refractivity contribution is -0.123. The zero-order valence-electron chi connectivity index (χ0n) is 17.2. The third kappa shape index (κ3) is 4.12. The van der Waals surface area contributed by atoms with E-state index in [-0.39, 0.29) is 16.8 Å². The minimum atomic E-state index is -1.09. The summed E-state index contributed by atoms with van der Waals surface area (Å²) in [5, 5.41) is 2.59. The predicted octanol–water partition coefficient (Wildman–Crippen LogP) is 2.68. The van der Waals surface area contributed by atoms with Gasteiger partial charge in [0.15, 0.2) is 6.10 Å². The van der Waals surface area contributed by atoms with Crippen molar-refractivity contribution in [3.05, 3.63) is 76.2 Å². The average molecular weight is 409 g/mol. The quantitative estimate of drug-likeness (QED) is 0.632. The number of ether oxygens (including phenoxy) is 2. The van der Waals surface area contributed by atoms with Gasteiger partial charge in [0.05, 0.1) is 24.1 Å². The van der Waals surface area contributed by atoms with E-state index in [2.05, 4.69) is 5.32 Å². The topological polar surface area (TPSA) is 91.6 Å². The molecule has 1 N–H and O–H groups in total. The number of anilines is 1. The number of hydrogen-bond donors (Lipinski definition) is 1. The number of methoxy groups -OCH3 is 1. The van der Waals surface area contributed by atoms with Crippen molar-refractivity contribution in [3.8, 4) is 11.4 Å². The summed E-state index contributed by atoms with van der Waals surface area (Å²) in [6.07, 6.45) is -1.09. The summed E-state index contributed by atoms with van der Waals surface area (Å²) in [5.41, 5.74) is 1.30. The van der Waals surface area contributed by atoms with E-state index in [1.54, 1.807) is 55.1 Å². The summed E-state index contributed by atoms with van der Waals surface area (Å²) in [4.78, 5) is 37.7. The van der Waals surface area contributed by atoms with Crippen LogP contribution in [0.5, 0.6) is 5.75 Å². The Balaban J connectivity index is 1.75. The molecule has 2 aromatic carbocycles. The van der Waals surface area contributed by atoms with E-state index in [1.165, 1.54) is 18.7 Å². The van der Waals surface area contributed by atoms with E-state index >= 15 is 0 Å². The van der Waals surface area contributed by atoms with Gasteiger partial charge in [0.25, 0.3) is 11.5 Å². The number of nitrogens with zero attached hydrogens (tertiary/aromatic N) is 2. The van der Waals surface area contributed by atoms with E-state index in [4.69, 9.17) is 9.47 Å². The first-order valence-corrected chi connectivity index (χ1v) is 9.33. The number of para-hydroxylation sites is 1. The highest BCUT2D eigenvalue weighted by Gasteiger charge is 2.23. The van der Waals surface area contributed by atoms with Crippen molar-refractivity contribution in [2.24, 2.45) is 7.05 Å². The number of benzene rings is 2. The van der Waals surface area contributed by atoms with Crippen LogP contribution in [0.3, 0.4) is 0 Å². The molecular formula is C22H23N3O5. The van der Waals surface area contributed by atoms with Crippen LogP contribution in [0.1, 0.15) is 23.0 Å². The maximum Gasteiger partial charge on any atom is 0.338 e. The normalized spacial score (nSPS) is 11.6. The van der Waals surface area contributed by atoms with E-state index in [1.807, 2.05) is 18.2 Å². The molecule has 0 bridgehead atoms. The zero-order chi connectivity index (χ0) is 21.8. The lowest BCUT2D eigenvalue weighted by Crippen LogP contribution is -2.32. The van der Waals surface area contributed by atoms with Gasteiger partial charge in [0.1, 0.15) is 11.4 Å². The lowest BCUT2D eigenvalue weighted by Gasteiger charge is -2.13. The molecule has 3 rings (SSSR count). The second-order valence-corrected chi connectivity index (χ2v) is 6.70. The van der Waals surface area contributed by atoms with Gasteiger partial charge in [0, 0.05) is 7.05 Å². The molecular weight excluding hydrogens is 386 g/mol. The van der Waals surface area contributed by atoms with Gasteiger partial charge in [0.2, 0.25) is 0 Å². The number of hydrogen-bond acceptors (Lipinski definition) is 5. The highest BCUT2D eigenvalue weighted by Crippen LogP contribution is 2.16. The summed E-state index contributed by atoms with van der Waals surface area (Å²) in [6.45, 7) is 3.18. The SMILES string of the molecule is COc1ccc(C(=O)O[C@H](C)C(=O)Nc2c(C)n(C)n(-c3ccccc3)c2=O)cc1. The smallest absolute Gasteiger partial charge is 0.338 e. The summed E-state index contributed by atoms with van der Waals surface area (Å²) in [7, 11) is 3.25. The third-order valence-corrected chi connectivity index (χ3v) is 4.78. The fourth-order valence-electron chi connectivity index (χ4n) is 2.95. The van der Waals surface area contributed by atoms with Crippen molar-refractivity contribution >= 4 is 17.6 Å². The molecule has 0 radical (unpaired) electrons. The van der Waals surface area contributed by atoms with Gasteiger partial charge in [-0.05, 0) is 50.2 Å². The van der Waals surface area contributed by atoms with Gasteiger partial charge < -0.3 is 14.8 Å². The van der Waals surface area contributed by atoms with Crippen LogP contribution >= 0.6 is 0 Å². The number of amides is 1. The van der Waals surface area contributed by atoms with E-state index in [0.717, 1.165) is 0 Å². The first-order chi connectivity index (χ1) is 14.3. The Morgan fingerprint density at radius 2 is 1.67 bits per heavy atom. The first kappa shape index (κ1) is 20.9. The Labute approximate surface area is 173 Å². The molecule has 0 aliphatic rings. The Kier molecular flexibility index (Phi) is 6.06. The first-order valence-electron chi connectivity index (χ1n) is 9.33. The molecule has 0 aliphatic heterocycles. The fraction of sp³-hybridized carbons (Fsp3) is 0.227. The number of carbonyl (C=O) groups is 2. The number of rotatable bonds is 6. The van der Waals surface area contributed by atoms with Gasteiger partial charge in [-0.15, -0.1) is 0 Å². The Bertz CT molecular complexity index is 1110. The standard InChI is InChI=1S/C22H23N3O5/c1-14-19(21(27)25(24(14)3)17-8-6-5-7-9-17)23-20(26)15(2)30-22(28)16-10-12-18(29-4)13-11-16/h5-13,15H,1-4H3,(H,23,26)/t15-/m1/s1. The Morgan fingerprint density at radius 3 is 2.27 bits per heavy atom. The summed E-state index contributed by atoms with van der Waals surface area (Å²) >= 11 is 0. The fourth-order valence-corrected chi connectivity index (χ4v) is 2.95. The number of carbonyl (C=O) groups excluding carboxylic acids is 2. The van der Waals surface area contributed by atoms with Crippen LogP contribution in [0.4, 0.5) is 5.69 Å². The molecule has 0 spiro atoms. The second-order valence-electron chi connectivity index (χ2n) is 6.70. The third-order valence-electron chi connectivity index (χ3n) is 4.78. The van der Waals surface area contributed by atoms with E-state index < -0.39 is 18.0 Å². The maximum atomic E-state index is 12.9. The van der Waals surface area contributed by atoms with Crippen LogP contribution in [-0.4, -0.2) is 34.5 Å². The van der Waals surface area contributed by atoms with Crippen LogP contribution in [0.25, 0.3) is 5.69 Å². The van der Waals surface area contributed by atoms with Gasteiger partial charge in [-0.1, -0.05) is 18.2 Å². The molecule has 0 saturated carbocycles. The van der Waals surface area contributed by atoms with Crippen molar-refractivity contribution in [2.75, 3.05) is 12.4 Å². The zero-order valence-corrected chi connectivity index (χ0v) is 17.2. The summed E-state index contributed by atoms with van der Waals surface area (Å²) in [5.74, 6) is -0.638. The lowest BCUT2D eigenvalue weighted by atomic mass is 10.2. The van der Waals surface area contributed by atoms with Gasteiger partial charge in [-0.25, -0.2) is 9.48 Å². The van der Waals surface area contributed by atoms with Crippen molar-refractivity contribution in [2.45, 2.75) is 20.0 Å². The molecule has 1 aromatic heterocycles. The van der Waals surface area contributed by atoms with Gasteiger partial charge in [-0.3, -0.25) is 14.3 Å². The summed E-state index contributed by atoms with van der Waals surface area (Å²) in [6, 6.07) is 15.4. The number of esters is 1. The van der Waals surface area contributed by atoms with Crippen LogP contribution in [-0.2, 0) is 16.6 Å². The van der Waals surface area contributed by atoms with Crippen LogP contribution in [0.15, 0.2) is 59.4 Å². The van der Waals surface area contributed by atoms with Crippen molar-refractivity contribution < 1.29 is 19.1 Å². The van der Waals surface area contributed by atoms with Crippen molar-refractivity contribution in [1.82, 2.24) is 9.36 Å². The second kappa shape index (κ2) is 8.69. The average Bonchev–Trinajstić information content (AvgIpc) is 2.97. The molecule has 30 heavy (non-hydrogen) atoms. The number of aromatic nitrogens is 2. The van der Waals surface area contributed by atoms with Crippen LogP contribution < -0.4 is 15.6 Å². The molecule has 1 amide bonds. The molecule has 8 heteroatoms. The van der Waals surface area contributed by atoms with Crippen molar-refractivity contribution in [1.29, 1.82) is 0 Å². The monoisotopic (exact) mass is 409 g/mol. The molecule has 8 nitrogen and oxygen atoms in total. The molecule has 3 aromatic rings. The predicted molar refractivity (Wildman–Crippen MR) is 112 cm³/mol. The summed E-state index contributed by atoms with van der Waals surface area (Å²) < 4.78 is 13.4. The number of nitrogens with one attached hydrogen (secondary N) is 1. The minimum Gasteiger partial charge on any atom is -0.497 e. The van der Waals surface area contributed by atoms with Crippen molar-refractivity contribution in [3.63, 3.8) is 0 Å². The largest absolute Gasteiger partial charge is 0.497 e. The molecule has 0 unspecified atom stereocenters. The molecule has 1 atom stereocenters. The molecule has 0 fully saturated rings. The molecule has 1 heterocycles. The van der Waals surface area contributed by atoms with Gasteiger partial charge >= 0.3 is 5.97 Å². The highest BCUT2D eigenvalue weighted by molar-refractivity contribution is 5.97. The maximum absolute atomic E-state index is 12.9. The highest BCUT2D eigenvalue weighted by atomic mass is 16.5. The van der Waals surface area contributed by atoms with E-state index in [9.17, 15) is 14.4 Å².